The Bertz CT molecular complexity index is 679. The standard InChI is InChI=1S/C10H11N9O/c11-7-5(4-1-15-3-16-2-4)17-6(8(12)18-7)9(20)19-10(13)14/h1-3H,(H4,11,12,18)(H4,13,14,19,20). The van der Waals surface area contributed by atoms with E-state index < -0.39 is 11.9 Å². The fraction of sp³-hybridized carbons (Fsp3) is 0. The van der Waals surface area contributed by atoms with Crippen molar-refractivity contribution in [3.63, 3.8) is 0 Å². The topological polar surface area (TPSA) is 185 Å². The number of hydrogen-bond acceptors (Lipinski definition) is 7. The second-order valence-corrected chi connectivity index (χ2v) is 3.66. The molecule has 2 aromatic heterocycles. The summed E-state index contributed by atoms with van der Waals surface area (Å²) in [5.74, 6) is -1.35. The van der Waals surface area contributed by atoms with E-state index in [-0.39, 0.29) is 23.0 Å². The van der Waals surface area contributed by atoms with E-state index in [0.717, 1.165) is 0 Å². The Morgan fingerprint density at radius 2 is 1.70 bits per heavy atom. The van der Waals surface area contributed by atoms with Gasteiger partial charge in [-0.1, -0.05) is 0 Å². The van der Waals surface area contributed by atoms with Crippen molar-refractivity contribution in [2.24, 2.45) is 16.5 Å². The van der Waals surface area contributed by atoms with Crippen LogP contribution in [0.15, 0.2) is 23.7 Å². The van der Waals surface area contributed by atoms with Crippen LogP contribution >= 0.6 is 0 Å². The minimum atomic E-state index is -0.812. The third-order valence-electron chi connectivity index (χ3n) is 2.22. The molecule has 1 amide bonds. The summed E-state index contributed by atoms with van der Waals surface area (Å²) in [6.45, 7) is 0. The SMILES string of the molecule is NC(N)=NC(=O)c1nc(-c2cncnc2)c(N)nc1N. The van der Waals surface area contributed by atoms with Crippen LogP contribution in [-0.4, -0.2) is 31.8 Å². The van der Waals surface area contributed by atoms with E-state index in [1.54, 1.807) is 0 Å². The lowest BCUT2D eigenvalue weighted by atomic mass is 10.2. The zero-order valence-corrected chi connectivity index (χ0v) is 10.2. The van der Waals surface area contributed by atoms with Crippen LogP contribution < -0.4 is 22.9 Å². The molecule has 2 rings (SSSR count). The molecular formula is C10H11N9O. The highest BCUT2D eigenvalue weighted by Crippen LogP contribution is 2.23. The van der Waals surface area contributed by atoms with Gasteiger partial charge in [-0.3, -0.25) is 4.79 Å². The lowest BCUT2D eigenvalue weighted by Gasteiger charge is -2.07. The zero-order valence-electron chi connectivity index (χ0n) is 10.2. The molecule has 0 saturated carbocycles. The average molecular weight is 273 g/mol. The van der Waals surface area contributed by atoms with Gasteiger partial charge in [-0.15, -0.1) is 0 Å². The Hall–Kier alpha value is -3.30. The molecule has 102 valence electrons. The number of amides is 1. The van der Waals surface area contributed by atoms with Gasteiger partial charge in [0.25, 0.3) is 0 Å². The minimum Gasteiger partial charge on any atom is -0.382 e. The van der Waals surface area contributed by atoms with Gasteiger partial charge in [-0.25, -0.2) is 19.9 Å². The normalized spacial score (nSPS) is 10.0. The average Bonchev–Trinajstić information content (AvgIpc) is 2.38. The van der Waals surface area contributed by atoms with Crippen molar-refractivity contribution in [3.05, 3.63) is 24.4 Å². The fourth-order valence-electron chi connectivity index (χ4n) is 1.42. The second-order valence-electron chi connectivity index (χ2n) is 3.66. The number of carbonyl (C=O) groups excluding carboxylic acids is 1. The number of guanidine groups is 1. The van der Waals surface area contributed by atoms with Crippen LogP contribution in [0.5, 0.6) is 0 Å². The summed E-state index contributed by atoms with van der Waals surface area (Å²) in [6.07, 6.45) is 4.28. The Morgan fingerprint density at radius 1 is 1.05 bits per heavy atom. The largest absolute Gasteiger partial charge is 0.382 e. The van der Waals surface area contributed by atoms with Crippen molar-refractivity contribution in [2.75, 3.05) is 11.5 Å². The van der Waals surface area contributed by atoms with Crippen molar-refractivity contribution < 1.29 is 4.79 Å². The van der Waals surface area contributed by atoms with Crippen molar-refractivity contribution >= 4 is 23.5 Å². The third-order valence-corrected chi connectivity index (χ3v) is 2.22. The maximum absolute atomic E-state index is 11.8. The zero-order chi connectivity index (χ0) is 14.7. The minimum absolute atomic E-state index is 0.0403. The van der Waals surface area contributed by atoms with Gasteiger partial charge in [0, 0.05) is 18.0 Å². The number of rotatable bonds is 2. The van der Waals surface area contributed by atoms with Crippen LogP contribution in [-0.2, 0) is 0 Å². The van der Waals surface area contributed by atoms with Gasteiger partial charge in [0.1, 0.15) is 12.0 Å². The summed E-state index contributed by atoms with van der Waals surface area (Å²) in [5, 5.41) is 0. The number of nitrogens with two attached hydrogens (primary N) is 4. The first-order chi connectivity index (χ1) is 9.49. The molecule has 10 heteroatoms. The maximum Gasteiger partial charge on any atom is 0.302 e. The number of nitrogens with zero attached hydrogens (tertiary/aromatic N) is 5. The quantitative estimate of drug-likeness (QED) is 0.373. The first-order valence-corrected chi connectivity index (χ1v) is 5.31. The predicted octanol–water partition coefficient (Wildman–Crippen LogP) is -1.49. The number of nitrogen functional groups attached to an aromatic ring is 2. The van der Waals surface area contributed by atoms with Crippen molar-refractivity contribution in [2.45, 2.75) is 0 Å². The number of aliphatic imine (C=N–C) groups is 1. The Morgan fingerprint density at radius 3 is 2.30 bits per heavy atom. The second kappa shape index (κ2) is 5.14. The summed E-state index contributed by atoms with van der Waals surface area (Å²) in [7, 11) is 0. The highest BCUT2D eigenvalue weighted by atomic mass is 16.1. The molecule has 0 aliphatic carbocycles. The van der Waals surface area contributed by atoms with E-state index in [1.165, 1.54) is 18.7 Å². The molecule has 0 aromatic carbocycles. The first kappa shape index (κ1) is 13.1. The molecule has 2 heterocycles. The molecule has 0 aliphatic heterocycles. The third kappa shape index (κ3) is 2.58. The molecule has 0 radical (unpaired) electrons. The predicted molar refractivity (Wildman–Crippen MR) is 72.0 cm³/mol. The highest BCUT2D eigenvalue weighted by molar-refractivity contribution is 6.03. The molecule has 0 atom stereocenters. The van der Waals surface area contributed by atoms with Gasteiger partial charge >= 0.3 is 5.91 Å². The van der Waals surface area contributed by atoms with Crippen molar-refractivity contribution in [1.82, 2.24) is 19.9 Å². The molecule has 0 saturated heterocycles. The molecule has 0 bridgehead atoms. The molecule has 20 heavy (non-hydrogen) atoms. The van der Waals surface area contributed by atoms with E-state index in [2.05, 4.69) is 24.9 Å². The summed E-state index contributed by atoms with van der Waals surface area (Å²) in [6, 6.07) is 0. The van der Waals surface area contributed by atoms with E-state index in [0.29, 0.717) is 5.56 Å². The van der Waals surface area contributed by atoms with E-state index in [9.17, 15) is 4.79 Å². The smallest absolute Gasteiger partial charge is 0.302 e. The van der Waals surface area contributed by atoms with E-state index >= 15 is 0 Å². The lowest BCUT2D eigenvalue weighted by Crippen LogP contribution is -2.25. The van der Waals surface area contributed by atoms with Gasteiger partial charge in [0.2, 0.25) is 0 Å². The molecule has 8 N–H and O–H groups in total. The Kier molecular flexibility index (Phi) is 3.37. The molecule has 0 aliphatic rings. The van der Waals surface area contributed by atoms with Gasteiger partial charge < -0.3 is 22.9 Å². The fourth-order valence-corrected chi connectivity index (χ4v) is 1.42. The van der Waals surface area contributed by atoms with Crippen LogP contribution in [0.4, 0.5) is 11.6 Å². The molecule has 0 fully saturated rings. The summed E-state index contributed by atoms with van der Waals surface area (Å²) >= 11 is 0. The number of carbonyl (C=O) groups is 1. The van der Waals surface area contributed by atoms with Crippen molar-refractivity contribution in [3.8, 4) is 11.3 Å². The first-order valence-electron chi connectivity index (χ1n) is 5.31. The molecule has 10 nitrogen and oxygen atoms in total. The number of anilines is 2. The van der Waals surface area contributed by atoms with E-state index in [1.807, 2.05) is 0 Å². The van der Waals surface area contributed by atoms with Crippen LogP contribution in [0.3, 0.4) is 0 Å². The Labute approximate surface area is 113 Å². The van der Waals surface area contributed by atoms with Gasteiger partial charge in [0.15, 0.2) is 23.3 Å². The molecule has 2 aromatic rings. The molecule has 0 unspecified atom stereocenters. The summed E-state index contributed by atoms with van der Waals surface area (Å²) < 4.78 is 0. The van der Waals surface area contributed by atoms with Gasteiger partial charge in [-0.05, 0) is 0 Å². The number of hydrogen-bond donors (Lipinski definition) is 4. The summed E-state index contributed by atoms with van der Waals surface area (Å²) in [5.41, 5.74) is 22.1. The molecule has 0 spiro atoms. The van der Waals surface area contributed by atoms with Gasteiger partial charge in [-0.2, -0.15) is 4.99 Å². The van der Waals surface area contributed by atoms with Crippen LogP contribution in [0.1, 0.15) is 10.5 Å². The monoisotopic (exact) mass is 273 g/mol. The Balaban J connectivity index is 2.56. The van der Waals surface area contributed by atoms with Crippen LogP contribution in [0.2, 0.25) is 0 Å². The highest BCUT2D eigenvalue weighted by Gasteiger charge is 2.17. The molecular weight excluding hydrogens is 262 g/mol. The summed E-state index contributed by atoms with van der Waals surface area (Å²) in [4.78, 5) is 30.7. The number of aromatic nitrogens is 4. The van der Waals surface area contributed by atoms with Crippen LogP contribution in [0, 0.1) is 0 Å². The maximum atomic E-state index is 11.8. The van der Waals surface area contributed by atoms with Crippen LogP contribution in [0.25, 0.3) is 11.3 Å². The van der Waals surface area contributed by atoms with E-state index in [4.69, 9.17) is 22.9 Å². The lowest BCUT2D eigenvalue weighted by molar-refractivity contribution is 0.0999. The van der Waals surface area contributed by atoms with Crippen molar-refractivity contribution in [1.29, 1.82) is 0 Å². The van der Waals surface area contributed by atoms with Gasteiger partial charge in [0.05, 0.1) is 0 Å².